The van der Waals surface area contributed by atoms with Gasteiger partial charge in [-0.15, -0.1) is 0 Å². The van der Waals surface area contributed by atoms with Crippen LogP contribution < -0.4 is 10.6 Å². The summed E-state index contributed by atoms with van der Waals surface area (Å²) in [6.45, 7) is 3.73. The number of rotatable bonds is 6. The third-order valence-corrected chi connectivity index (χ3v) is 5.61. The molecule has 2 aromatic carbocycles. The second-order valence-corrected chi connectivity index (χ2v) is 9.83. The van der Waals surface area contributed by atoms with E-state index in [1.165, 1.54) is 6.08 Å². The van der Waals surface area contributed by atoms with Crippen molar-refractivity contribution < 1.29 is 9.36 Å². The lowest BCUT2D eigenvalue weighted by atomic mass is 10.1. The number of carbonyl (C=O) groups is 1. The van der Waals surface area contributed by atoms with Gasteiger partial charge in [0, 0.05) is 16.9 Å². The van der Waals surface area contributed by atoms with Crippen molar-refractivity contribution in [2.45, 2.75) is 6.42 Å². The van der Waals surface area contributed by atoms with Crippen molar-refractivity contribution in [1.82, 2.24) is 5.32 Å². The Morgan fingerprint density at radius 2 is 1.85 bits per heavy atom. The Hall–Kier alpha value is -2.34. The molecule has 0 unspecified atom stereocenters. The quantitative estimate of drug-likeness (QED) is 0.465. The molecular weight excluding hydrogens is 367 g/mol. The molecule has 6 heteroatoms. The molecule has 0 aliphatic heterocycles. The van der Waals surface area contributed by atoms with Crippen molar-refractivity contribution in [2.24, 2.45) is 0 Å². The minimum Gasteiger partial charge on any atom is -0.351 e. The van der Waals surface area contributed by atoms with Crippen LogP contribution in [0, 0.1) is 11.3 Å². The lowest BCUT2D eigenvalue weighted by molar-refractivity contribution is -0.117. The van der Waals surface area contributed by atoms with Crippen molar-refractivity contribution in [2.75, 3.05) is 19.9 Å². The molecule has 0 radical (unpaired) electrons. The molecule has 0 spiro atoms. The summed E-state index contributed by atoms with van der Waals surface area (Å²) in [5, 5.41) is 13.4. The van der Waals surface area contributed by atoms with Gasteiger partial charge in [0.05, 0.1) is 0 Å². The molecule has 0 heterocycles. The number of halogens is 1. The SMILES string of the molecule is CP(C)(=O)c1ccccc1/C=C(\C#N)C(=O)NCCc1ccc(Cl)cc1. The Morgan fingerprint density at radius 1 is 1.19 bits per heavy atom. The van der Waals surface area contributed by atoms with Crippen molar-refractivity contribution in [3.05, 3.63) is 70.3 Å². The van der Waals surface area contributed by atoms with Crippen LogP contribution in [0.4, 0.5) is 0 Å². The van der Waals surface area contributed by atoms with Gasteiger partial charge in [-0.25, -0.2) is 0 Å². The van der Waals surface area contributed by atoms with Crippen LogP contribution >= 0.6 is 18.7 Å². The molecule has 2 aromatic rings. The number of amides is 1. The number of hydrogen-bond acceptors (Lipinski definition) is 3. The van der Waals surface area contributed by atoms with E-state index in [9.17, 15) is 14.6 Å². The first-order valence-electron chi connectivity index (χ1n) is 8.10. The van der Waals surface area contributed by atoms with Crippen molar-refractivity contribution in [1.29, 1.82) is 5.26 Å². The Labute approximate surface area is 158 Å². The van der Waals surface area contributed by atoms with Crippen LogP contribution in [0.25, 0.3) is 6.08 Å². The Kier molecular flexibility index (Phi) is 6.80. The predicted octanol–water partition coefficient (Wildman–Crippen LogP) is 3.85. The summed E-state index contributed by atoms with van der Waals surface area (Å²) >= 11 is 5.85. The Balaban J connectivity index is 2.09. The second kappa shape index (κ2) is 8.85. The molecule has 134 valence electrons. The average Bonchev–Trinajstić information content (AvgIpc) is 2.60. The first kappa shape index (κ1) is 20.0. The monoisotopic (exact) mass is 386 g/mol. The van der Waals surface area contributed by atoms with Gasteiger partial charge in [0.2, 0.25) is 0 Å². The zero-order valence-electron chi connectivity index (χ0n) is 14.7. The fourth-order valence-corrected chi connectivity index (χ4v) is 3.80. The van der Waals surface area contributed by atoms with Gasteiger partial charge in [-0.2, -0.15) is 5.26 Å². The van der Waals surface area contributed by atoms with Gasteiger partial charge in [-0.05, 0) is 49.1 Å². The number of hydrogen-bond donors (Lipinski definition) is 1. The van der Waals surface area contributed by atoms with E-state index in [4.69, 9.17) is 11.6 Å². The Morgan fingerprint density at radius 3 is 2.46 bits per heavy atom. The van der Waals surface area contributed by atoms with E-state index in [-0.39, 0.29) is 5.57 Å². The fourth-order valence-electron chi connectivity index (χ4n) is 2.47. The summed E-state index contributed by atoms with van der Waals surface area (Å²) in [6, 6.07) is 16.4. The maximum Gasteiger partial charge on any atom is 0.261 e. The molecule has 0 aliphatic carbocycles. The van der Waals surface area contributed by atoms with E-state index in [0.29, 0.717) is 28.9 Å². The molecule has 26 heavy (non-hydrogen) atoms. The van der Waals surface area contributed by atoms with Crippen molar-refractivity contribution >= 4 is 36.0 Å². The van der Waals surface area contributed by atoms with Crippen LogP contribution in [-0.2, 0) is 15.8 Å². The van der Waals surface area contributed by atoms with Gasteiger partial charge in [0.1, 0.15) is 18.8 Å². The topological polar surface area (TPSA) is 70.0 Å². The summed E-state index contributed by atoms with van der Waals surface area (Å²) < 4.78 is 12.4. The molecule has 0 atom stereocenters. The summed E-state index contributed by atoms with van der Waals surface area (Å²) in [7, 11) is -2.51. The molecule has 0 saturated carbocycles. The van der Waals surface area contributed by atoms with E-state index in [1.807, 2.05) is 18.2 Å². The lowest BCUT2D eigenvalue weighted by Crippen LogP contribution is -2.26. The molecule has 0 fully saturated rings. The number of nitrogens with one attached hydrogen (secondary N) is 1. The van der Waals surface area contributed by atoms with Crippen LogP contribution in [0.5, 0.6) is 0 Å². The van der Waals surface area contributed by atoms with E-state index < -0.39 is 13.0 Å². The van der Waals surface area contributed by atoms with Crippen LogP contribution in [0.2, 0.25) is 5.02 Å². The summed E-state index contributed by atoms with van der Waals surface area (Å²) in [4.78, 5) is 12.3. The maximum absolute atomic E-state index is 12.4. The van der Waals surface area contributed by atoms with E-state index in [2.05, 4.69) is 5.32 Å². The molecule has 2 rings (SSSR count). The number of nitrogens with zero attached hydrogens (tertiary/aromatic N) is 1. The van der Waals surface area contributed by atoms with Crippen LogP contribution in [0.1, 0.15) is 11.1 Å². The number of benzene rings is 2. The first-order valence-corrected chi connectivity index (χ1v) is 11.1. The van der Waals surface area contributed by atoms with Crippen LogP contribution in [0.3, 0.4) is 0 Å². The van der Waals surface area contributed by atoms with Gasteiger partial charge in [-0.1, -0.05) is 48.0 Å². The van der Waals surface area contributed by atoms with E-state index in [1.54, 1.807) is 49.7 Å². The lowest BCUT2D eigenvalue weighted by Gasteiger charge is -2.11. The highest BCUT2D eigenvalue weighted by molar-refractivity contribution is 7.70. The normalized spacial score (nSPS) is 11.7. The van der Waals surface area contributed by atoms with E-state index >= 15 is 0 Å². The van der Waals surface area contributed by atoms with E-state index in [0.717, 1.165) is 5.56 Å². The highest BCUT2D eigenvalue weighted by Crippen LogP contribution is 2.36. The number of carbonyl (C=O) groups excluding carboxylic acids is 1. The van der Waals surface area contributed by atoms with Gasteiger partial charge in [0.25, 0.3) is 5.91 Å². The molecule has 1 amide bonds. The highest BCUT2D eigenvalue weighted by atomic mass is 35.5. The third-order valence-electron chi connectivity index (χ3n) is 3.79. The smallest absolute Gasteiger partial charge is 0.261 e. The molecule has 1 N–H and O–H groups in total. The molecule has 0 saturated heterocycles. The standard InChI is InChI=1S/C20H20ClN2O2P/c1-26(2,25)19-6-4-3-5-16(19)13-17(14-22)20(24)23-12-11-15-7-9-18(21)10-8-15/h3-10,13H,11-12H2,1-2H3,(H,23,24)/b17-13+. The first-order chi connectivity index (χ1) is 12.3. The summed E-state index contributed by atoms with van der Waals surface area (Å²) in [5.41, 5.74) is 1.66. The number of nitriles is 1. The van der Waals surface area contributed by atoms with Gasteiger partial charge in [-0.3, -0.25) is 4.79 Å². The highest BCUT2D eigenvalue weighted by Gasteiger charge is 2.16. The van der Waals surface area contributed by atoms with Crippen LogP contribution in [0.15, 0.2) is 54.1 Å². The molecule has 0 bridgehead atoms. The van der Waals surface area contributed by atoms with Crippen molar-refractivity contribution in [3.63, 3.8) is 0 Å². The zero-order chi connectivity index (χ0) is 19.2. The van der Waals surface area contributed by atoms with Gasteiger partial charge < -0.3 is 9.88 Å². The minimum atomic E-state index is -2.51. The van der Waals surface area contributed by atoms with Gasteiger partial charge >= 0.3 is 0 Å². The Bertz CT molecular complexity index is 908. The molecule has 0 aliphatic rings. The zero-order valence-corrected chi connectivity index (χ0v) is 16.3. The van der Waals surface area contributed by atoms with Gasteiger partial charge in [0.15, 0.2) is 0 Å². The third kappa shape index (κ3) is 5.59. The maximum atomic E-state index is 12.4. The average molecular weight is 387 g/mol. The minimum absolute atomic E-state index is 0.0120. The van der Waals surface area contributed by atoms with Crippen molar-refractivity contribution in [3.8, 4) is 6.07 Å². The summed E-state index contributed by atoms with van der Waals surface area (Å²) in [5.74, 6) is -0.446. The van der Waals surface area contributed by atoms with Crippen LogP contribution in [-0.4, -0.2) is 25.8 Å². The fraction of sp³-hybridized carbons (Fsp3) is 0.200. The molecular formula is C20H20ClN2O2P. The molecule has 0 aromatic heterocycles. The predicted molar refractivity (Wildman–Crippen MR) is 107 cm³/mol. The second-order valence-electron chi connectivity index (χ2n) is 6.21. The summed E-state index contributed by atoms with van der Waals surface area (Å²) in [6.07, 6.45) is 2.13. The molecule has 4 nitrogen and oxygen atoms in total. The largest absolute Gasteiger partial charge is 0.351 e.